The number of hydrogen-bond acceptors (Lipinski definition) is 5. The van der Waals surface area contributed by atoms with Gasteiger partial charge in [0, 0.05) is 19.5 Å². The molecule has 2 aromatic rings. The first-order valence-electron chi connectivity index (χ1n) is 6.35. The van der Waals surface area contributed by atoms with Crippen molar-refractivity contribution >= 4 is 32.9 Å². The van der Waals surface area contributed by atoms with Crippen molar-refractivity contribution in [3.8, 4) is 0 Å². The number of hydroxylamine groups is 2. The Bertz CT molecular complexity index is 854. The Morgan fingerprint density at radius 1 is 0.955 bits per heavy atom. The van der Waals surface area contributed by atoms with E-state index < -0.39 is 22.1 Å². The predicted octanol–water partition coefficient (Wildman–Crippen LogP) is 1.17. The Morgan fingerprint density at radius 2 is 1.45 bits per heavy atom. The molecular weight excluding hydrogens is 308 g/mol. The molecule has 2 amide bonds. The second-order valence-electron chi connectivity index (χ2n) is 4.93. The van der Waals surface area contributed by atoms with Crippen LogP contribution in [-0.2, 0) is 14.6 Å². The first kappa shape index (κ1) is 14.6. The second kappa shape index (κ2) is 4.87. The molecule has 0 bridgehead atoms. The molecule has 2 aromatic carbocycles. The van der Waals surface area contributed by atoms with Gasteiger partial charge in [-0.2, -0.15) is 12.7 Å². The fourth-order valence-electron chi connectivity index (χ4n) is 2.24. The Labute approximate surface area is 126 Å². The van der Waals surface area contributed by atoms with Crippen molar-refractivity contribution in [2.24, 2.45) is 0 Å². The van der Waals surface area contributed by atoms with E-state index in [1.54, 1.807) is 24.3 Å². The summed E-state index contributed by atoms with van der Waals surface area (Å²) in [4.78, 5) is 24.8. The van der Waals surface area contributed by atoms with Crippen molar-refractivity contribution in [3.63, 3.8) is 0 Å². The highest BCUT2D eigenvalue weighted by molar-refractivity contribution is 7.84. The highest BCUT2D eigenvalue weighted by Gasteiger charge is 2.37. The molecular formula is C14H12N2O5S. The molecule has 22 heavy (non-hydrogen) atoms. The Kier molecular flexibility index (Phi) is 3.24. The molecule has 0 fully saturated rings. The van der Waals surface area contributed by atoms with Crippen molar-refractivity contribution in [2.45, 2.75) is 0 Å². The number of benzene rings is 2. The Hall–Kier alpha value is -2.29. The van der Waals surface area contributed by atoms with Crippen LogP contribution in [0.25, 0.3) is 10.8 Å². The van der Waals surface area contributed by atoms with Gasteiger partial charge in [0.25, 0.3) is 11.8 Å². The van der Waals surface area contributed by atoms with E-state index in [4.69, 9.17) is 0 Å². The summed E-state index contributed by atoms with van der Waals surface area (Å²) in [5.74, 6) is -1.61. The summed E-state index contributed by atoms with van der Waals surface area (Å²) < 4.78 is 29.1. The van der Waals surface area contributed by atoms with Crippen LogP contribution in [0.3, 0.4) is 0 Å². The maximum absolute atomic E-state index is 12.4. The van der Waals surface area contributed by atoms with Gasteiger partial charge in [-0.25, -0.2) is 0 Å². The molecule has 1 heterocycles. The minimum absolute atomic E-state index is 0.224. The van der Waals surface area contributed by atoms with Gasteiger partial charge in [-0.05, 0) is 17.5 Å². The zero-order valence-electron chi connectivity index (χ0n) is 11.8. The first-order valence-corrected chi connectivity index (χ1v) is 7.72. The SMILES string of the molecule is CN(C)S(=O)(=O)ON1C(=O)c2cccc3cccc(c23)C1=O. The molecule has 8 heteroatoms. The van der Waals surface area contributed by atoms with Crippen LogP contribution in [0.15, 0.2) is 36.4 Å². The van der Waals surface area contributed by atoms with E-state index in [9.17, 15) is 18.0 Å². The van der Waals surface area contributed by atoms with Crippen LogP contribution in [0.1, 0.15) is 20.7 Å². The number of carbonyl (C=O) groups is 2. The number of hydrogen-bond donors (Lipinski definition) is 0. The molecule has 1 aliphatic heterocycles. The molecule has 114 valence electrons. The molecule has 0 radical (unpaired) electrons. The third kappa shape index (κ3) is 2.08. The smallest absolute Gasteiger partial charge is 0.266 e. The van der Waals surface area contributed by atoms with E-state index >= 15 is 0 Å². The van der Waals surface area contributed by atoms with Crippen molar-refractivity contribution in [2.75, 3.05) is 14.1 Å². The van der Waals surface area contributed by atoms with E-state index in [1.807, 2.05) is 0 Å². The van der Waals surface area contributed by atoms with Crippen LogP contribution in [0.4, 0.5) is 0 Å². The molecule has 0 saturated heterocycles. The molecule has 0 N–H and O–H groups in total. The Balaban J connectivity index is 2.16. The average molecular weight is 320 g/mol. The summed E-state index contributed by atoms with van der Waals surface area (Å²) >= 11 is 0. The average Bonchev–Trinajstić information content (AvgIpc) is 2.48. The number of imide groups is 1. The van der Waals surface area contributed by atoms with Gasteiger partial charge in [0.15, 0.2) is 0 Å². The molecule has 0 aliphatic carbocycles. The lowest BCUT2D eigenvalue weighted by Gasteiger charge is -2.26. The van der Waals surface area contributed by atoms with Gasteiger partial charge in [-0.1, -0.05) is 24.3 Å². The van der Waals surface area contributed by atoms with Crippen molar-refractivity contribution < 1.29 is 22.3 Å². The van der Waals surface area contributed by atoms with Gasteiger partial charge < -0.3 is 0 Å². The summed E-state index contributed by atoms with van der Waals surface area (Å²) in [6.45, 7) is 0. The van der Waals surface area contributed by atoms with Gasteiger partial charge in [-0.3, -0.25) is 9.59 Å². The lowest BCUT2D eigenvalue weighted by molar-refractivity contribution is -0.0188. The molecule has 0 spiro atoms. The van der Waals surface area contributed by atoms with E-state index in [1.165, 1.54) is 26.2 Å². The molecule has 1 aliphatic rings. The predicted molar refractivity (Wildman–Crippen MR) is 78.1 cm³/mol. The number of rotatable bonds is 3. The molecule has 3 rings (SSSR count). The monoisotopic (exact) mass is 320 g/mol. The number of amides is 2. The zero-order chi connectivity index (χ0) is 16.1. The van der Waals surface area contributed by atoms with Gasteiger partial charge in [0.2, 0.25) is 0 Å². The second-order valence-corrected chi connectivity index (χ2v) is 6.66. The molecule has 7 nitrogen and oxygen atoms in total. The highest BCUT2D eigenvalue weighted by atomic mass is 32.2. The maximum Gasteiger partial charge on any atom is 0.359 e. The maximum atomic E-state index is 12.4. The summed E-state index contributed by atoms with van der Waals surface area (Å²) in [5.41, 5.74) is 0.448. The van der Waals surface area contributed by atoms with Crippen LogP contribution >= 0.6 is 0 Å². The highest BCUT2D eigenvalue weighted by Crippen LogP contribution is 2.30. The molecule has 0 saturated carbocycles. The van der Waals surface area contributed by atoms with Crippen LogP contribution in [0.2, 0.25) is 0 Å². The van der Waals surface area contributed by atoms with E-state index in [0.717, 1.165) is 9.69 Å². The van der Waals surface area contributed by atoms with Crippen LogP contribution in [-0.4, -0.2) is 43.7 Å². The van der Waals surface area contributed by atoms with Crippen molar-refractivity contribution in [1.82, 2.24) is 9.37 Å². The van der Waals surface area contributed by atoms with Gasteiger partial charge in [0.1, 0.15) is 0 Å². The van der Waals surface area contributed by atoms with Crippen LogP contribution < -0.4 is 0 Å². The lowest BCUT2D eigenvalue weighted by atomic mass is 9.95. The van der Waals surface area contributed by atoms with E-state index in [0.29, 0.717) is 5.39 Å². The largest absolute Gasteiger partial charge is 0.359 e. The van der Waals surface area contributed by atoms with Gasteiger partial charge in [0.05, 0.1) is 11.1 Å². The topological polar surface area (TPSA) is 84.0 Å². The lowest BCUT2D eigenvalue weighted by Crippen LogP contribution is -2.44. The fraction of sp³-hybridized carbons (Fsp3) is 0.143. The van der Waals surface area contributed by atoms with Crippen LogP contribution in [0, 0.1) is 0 Å². The quantitative estimate of drug-likeness (QED) is 0.793. The van der Waals surface area contributed by atoms with E-state index in [-0.39, 0.29) is 16.2 Å². The summed E-state index contributed by atoms with van der Waals surface area (Å²) in [6, 6.07) is 9.92. The van der Waals surface area contributed by atoms with Crippen molar-refractivity contribution in [1.29, 1.82) is 0 Å². The van der Waals surface area contributed by atoms with Gasteiger partial charge >= 0.3 is 10.3 Å². The van der Waals surface area contributed by atoms with E-state index in [2.05, 4.69) is 4.28 Å². The summed E-state index contributed by atoms with van der Waals surface area (Å²) in [6.07, 6.45) is 0. The Morgan fingerprint density at radius 3 is 1.91 bits per heavy atom. The first-order chi connectivity index (χ1) is 10.3. The number of nitrogens with zero attached hydrogens (tertiary/aromatic N) is 2. The number of carbonyl (C=O) groups excluding carboxylic acids is 2. The summed E-state index contributed by atoms with van der Waals surface area (Å²) in [5, 5.41) is 1.51. The zero-order valence-corrected chi connectivity index (χ0v) is 12.6. The minimum atomic E-state index is -4.22. The minimum Gasteiger partial charge on any atom is -0.266 e. The molecule has 0 aromatic heterocycles. The van der Waals surface area contributed by atoms with Crippen molar-refractivity contribution in [3.05, 3.63) is 47.5 Å². The fourth-order valence-corrected chi connectivity index (χ4v) is 2.69. The standard InChI is InChI=1S/C14H12N2O5S/c1-15(2)22(19,20)21-16-13(17)10-7-3-5-9-6-4-8-11(12(9)10)14(16)18/h3-8H,1-2H3. The molecule has 0 unspecified atom stereocenters. The molecule has 0 atom stereocenters. The summed E-state index contributed by atoms with van der Waals surface area (Å²) in [7, 11) is -1.74. The normalized spacial score (nSPS) is 15.0. The third-order valence-electron chi connectivity index (χ3n) is 3.35. The van der Waals surface area contributed by atoms with Crippen LogP contribution in [0.5, 0.6) is 0 Å². The third-order valence-corrected chi connectivity index (χ3v) is 4.58. The van der Waals surface area contributed by atoms with Gasteiger partial charge in [-0.15, -0.1) is 9.35 Å².